The van der Waals surface area contributed by atoms with E-state index in [1.165, 1.54) is 56.0 Å². The lowest BCUT2D eigenvalue weighted by Gasteiger charge is -2.28. The zero-order valence-electron chi connectivity index (χ0n) is 8.97. The van der Waals surface area contributed by atoms with Crippen LogP contribution in [0.15, 0.2) is 0 Å². The predicted octanol–water partition coefficient (Wildman–Crippen LogP) is 3.23. The molecule has 0 aromatic heterocycles. The molecule has 2 heteroatoms. The molecular formula is C12H22IN. The molecule has 0 radical (unpaired) electrons. The Labute approximate surface area is 102 Å². The first kappa shape index (κ1) is 11.2. The highest BCUT2D eigenvalue weighted by molar-refractivity contribution is 14.1. The molecule has 3 atom stereocenters. The maximum Gasteiger partial charge on any atom is -0.000209 e. The SMILES string of the molecule is ICCC1CCC(C2CCCNC2)C1. The van der Waals surface area contributed by atoms with Crippen molar-refractivity contribution in [3.8, 4) is 0 Å². The standard InChI is InChI=1S/C12H22IN/c13-6-5-10-3-4-11(8-10)12-2-1-7-14-9-12/h10-12,14H,1-9H2. The van der Waals surface area contributed by atoms with E-state index in [9.17, 15) is 0 Å². The summed E-state index contributed by atoms with van der Waals surface area (Å²) in [5, 5.41) is 3.56. The van der Waals surface area contributed by atoms with Crippen molar-refractivity contribution < 1.29 is 0 Å². The molecule has 1 N–H and O–H groups in total. The van der Waals surface area contributed by atoms with Crippen molar-refractivity contribution in [1.82, 2.24) is 5.32 Å². The van der Waals surface area contributed by atoms with Crippen LogP contribution in [0.25, 0.3) is 0 Å². The van der Waals surface area contributed by atoms with Crippen LogP contribution < -0.4 is 5.32 Å². The van der Waals surface area contributed by atoms with Crippen LogP contribution in [-0.2, 0) is 0 Å². The fourth-order valence-electron chi connectivity index (χ4n) is 3.24. The molecule has 0 aromatic carbocycles. The molecule has 0 bridgehead atoms. The lowest BCUT2D eigenvalue weighted by Crippen LogP contribution is -2.33. The molecule has 2 rings (SSSR count). The summed E-state index contributed by atoms with van der Waals surface area (Å²) >= 11 is 2.53. The van der Waals surface area contributed by atoms with Crippen LogP contribution >= 0.6 is 22.6 Å². The molecule has 0 amide bonds. The summed E-state index contributed by atoms with van der Waals surface area (Å²) in [6.45, 7) is 2.57. The van der Waals surface area contributed by atoms with Crippen LogP contribution in [0.4, 0.5) is 0 Å². The third-order valence-corrected chi connectivity index (χ3v) is 4.72. The van der Waals surface area contributed by atoms with Gasteiger partial charge in [0, 0.05) is 0 Å². The molecule has 3 unspecified atom stereocenters. The van der Waals surface area contributed by atoms with Gasteiger partial charge in [0.05, 0.1) is 0 Å². The largest absolute Gasteiger partial charge is 0.316 e. The molecule has 0 spiro atoms. The second kappa shape index (κ2) is 5.69. The Morgan fingerprint density at radius 3 is 2.79 bits per heavy atom. The van der Waals surface area contributed by atoms with Crippen molar-refractivity contribution in [1.29, 1.82) is 0 Å². The Kier molecular flexibility index (Phi) is 4.54. The first-order valence-electron chi connectivity index (χ1n) is 6.17. The summed E-state index contributed by atoms with van der Waals surface area (Å²) < 4.78 is 1.36. The minimum absolute atomic E-state index is 1.02. The lowest BCUT2D eigenvalue weighted by molar-refractivity contribution is 0.261. The van der Waals surface area contributed by atoms with Crippen LogP contribution in [0.2, 0.25) is 0 Å². The topological polar surface area (TPSA) is 12.0 Å². The molecule has 1 nitrogen and oxygen atoms in total. The third kappa shape index (κ3) is 2.84. The maximum atomic E-state index is 3.56. The Morgan fingerprint density at radius 2 is 2.07 bits per heavy atom. The van der Waals surface area contributed by atoms with Crippen LogP contribution in [0.3, 0.4) is 0 Å². The Balaban J connectivity index is 1.76. The first-order chi connectivity index (χ1) is 6.90. The first-order valence-corrected chi connectivity index (χ1v) is 7.69. The van der Waals surface area contributed by atoms with Crippen molar-refractivity contribution in [3.05, 3.63) is 0 Å². The van der Waals surface area contributed by atoms with E-state index in [2.05, 4.69) is 27.9 Å². The zero-order chi connectivity index (χ0) is 9.80. The molecular weight excluding hydrogens is 285 g/mol. The number of halogens is 1. The van der Waals surface area contributed by atoms with Gasteiger partial charge in [-0.25, -0.2) is 0 Å². The highest BCUT2D eigenvalue weighted by Crippen LogP contribution is 2.39. The van der Waals surface area contributed by atoms with Crippen molar-refractivity contribution in [2.45, 2.75) is 38.5 Å². The van der Waals surface area contributed by atoms with E-state index in [4.69, 9.17) is 0 Å². The van der Waals surface area contributed by atoms with E-state index >= 15 is 0 Å². The van der Waals surface area contributed by atoms with Gasteiger partial charge in [-0.3, -0.25) is 0 Å². The van der Waals surface area contributed by atoms with E-state index in [1.807, 2.05) is 0 Å². The number of rotatable bonds is 3. The van der Waals surface area contributed by atoms with Crippen molar-refractivity contribution in [2.24, 2.45) is 17.8 Å². The second-order valence-corrected chi connectivity index (χ2v) is 6.10. The van der Waals surface area contributed by atoms with Gasteiger partial charge in [-0.2, -0.15) is 0 Å². The zero-order valence-corrected chi connectivity index (χ0v) is 11.1. The summed E-state index contributed by atoms with van der Waals surface area (Å²) in [6, 6.07) is 0. The average molecular weight is 307 g/mol. The van der Waals surface area contributed by atoms with Gasteiger partial charge < -0.3 is 5.32 Å². The van der Waals surface area contributed by atoms with Crippen molar-refractivity contribution in [3.63, 3.8) is 0 Å². The third-order valence-electron chi connectivity index (χ3n) is 4.10. The highest BCUT2D eigenvalue weighted by Gasteiger charge is 2.30. The lowest BCUT2D eigenvalue weighted by atomic mass is 9.84. The van der Waals surface area contributed by atoms with Gasteiger partial charge in [-0.05, 0) is 67.4 Å². The summed E-state index contributed by atoms with van der Waals surface area (Å²) in [4.78, 5) is 0. The molecule has 14 heavy (non-hydrogen) atoms. The van der Waals surface area contributed by atoms with E-state index < -0.39 is 0 Å². The van der Waals surface area contributed by atoms with Crippen molar-refractivity contribution >= 4 is 22.6 Å². The molecule has 1 saturated heterocycles. The molecule has 2 fully saturated rings. The fraction of sp³-hybridized carbons (Fsp3) is 1.00. The molecule has 0 aromatic rings. The Bertz CT molecular complexity index is 166. The summed E-state index contributed by atoms with van der Waals surface area (Å²) in [5.41, 5.74) is 0. The van der Waals surface area contributed by atoms with E-state index in [-0.39, 0.29) is 0 Å². The minimum Gasteiger partial charge on any atom is -0.316 e. The number of hydrogen-bond acceptors (Lipinski definition) is 1. The Morgan fingerprint density at radius 1 is 1.14 bits per heavy atom. The van der Waals surface area contributed by atoms with Crippen molar-refractivity contribution in [2.75, 3.05) is 17.5 Å². The van der Waals surface area contributed by atoms with Crippen LogP contribution in [0, 0.1) is 17.8 Å². The van der Waals surface area contributed by atoms with Gasteiger partial charge in [0.15, 0.2) is 0 Å². The Hall–Kier alpha value is 0.690. The van der Waals surface area contributed by atoms with E-state index in [1.54, 1.807) is 0 Å². The molecule has 1 aliphatic carbocycles. The highest BCUT2D eigenvalue weighted by atomic mass is 127. The number of hydrogen-bond donors (Lipinski definition) is 1. The molecule has 82 valence electrons. The normalized spacial score (nSPS) is 38.8. The molecule has 2 aliphatic rings. The quantitative estimate of drug-likeness (QED) is 0.623. The minimum atomic E-state index is 1.02. The van der Waals surface area contributed by atoms with Crippen LogP contribution in [0.5, 0.6) is 0 Å². The number of piperidine rings is 1. The fourth-order valence-corrected chi connectivity index (χ4v) is 4.12. The van der Waals surface area contributed by atoms with Gasteiger partial charge in [0.1, 0.15) is 0 Å². The number of nitrogens with one attached hydrogen (secondary N) is 1. The molecule has 1 aliphatic heterocycles. The van der Waals surface area contributed by atoms with Crippen LogP contribution in [0.1, 0.15) is 38.5 Å². The summed E-state index contributed by atoms with van der Waals surface area (Å²) in [6.07, 6.45) is 8.96. The molecule has 1 saturated carbocycles. The van der Waals surface area contributed by atoms with E-state index in [0.717, 1.165) is 17.8 Å². The second-order valence-electron chi connectivity index (χ2n) is 5.02. The van der Waals surface area contributed by atoms with Gasteiger partial charge >= 0.3 is 0 Å². The average Bonchev–Trinajstić information content (AvgIpc) is 2.68. The maximum absolute atomic E-state index is 3.56. The van der Waals surface area contributed by atoms with Crippen LogP contribution in [-0.4, -0.2) is 17.5 Å². The summed E-state index contributed by atoms with van der Waals surface area (Å²) in [7, 11) is 0. The van der Waals surface area contributed by atoms with Gasteiger partial charge in [-0.15, -0.1) is 0 Å². The monoisotopic (exact) mass is 307 g/mol. The number of alkyl halides is 1. The van der Waals surface area contributed by atoms with Gasteiger partial charge in [-0.1, -0.05) is 29.0 Å². The van der Waals surface area contributed by atoms with Gasteiger partial charge in [0.2, 0.25) is 0 Å². The predicted molar refractivity (Wildman–Crippen MR) is 69.9 cm³/mol. The van der Waals surface area contributed by atoms with E-state index in [0.29, 0.717) is 0 Å². The smallest absolute Gasteiger partial charge is 0.000209 e. The molecule has 1 heterocycles. The van der Waals surface area contributed by atoms with Gasteiger partial charge in [0.25, 0.3) is 0 Å². The summed E-state index contributed by atoms with van der Waals surface area (Å²) in [5.74, 6) is 3.15.